The number of phenols is 1. The quantitative estimate of drug-likeness (QED) is 0.241. The van der Waals surface area contributed by atoms with Crippen LogP contribution in [-0.4, -0.2) is 67.4 Å². The Labute approximate surface area is 204 Å². The number of nitrogens with zero attached hydrogens (tertiary/aromatic N) is 1. The summed E-state index contributed by atoms with van der Waals surface area (Å²) in [6, 6.07) is 7.05. The molecule has 4 rings (SSSR count). The van der Waals surface area contributed by atoms with Gasteiger partial charge >= 0.3 is 0 Å². The molecule has 2 N–H and O–H groups in total. The minimum absolute atomic E-state index is 0.0706. The van der Waals surface area contributed by atoms with Crippen LogP contribution in [0.15, 0.2) is 40.4 Å². The monoisotopic (exact) mass is 533 g/mol. The molecule has 1 amide bonds. The normalized spacial score (nSPS) is 18.9. The second-order valence-electron chi connectivity index (χ2n) is 7.75. The fourth-order valence-electron chi connectivity index (χ4n) is 4.09. The van der Waals surface area contributed by atoms with Gasteiger partial charge in [0.2, 0.25) is 0 Å². The molecule has 1 fully saturated rings. The number of aliphatic hydroxyl groups excluding tert-OH is 1. The lowest BCUT2D eigenvalue weighted by molar-refractivity contribution is -0.140. The van der Waals surface area contributed by atoms with E-state index in [2.05, 4.69) is 15.9 Å². The lowest BCUT2D eigenvalue weighted by Gasteiger charge is -2.26. The Morgan fingerprint density at radius 1 is 1.15 bits per heavy atom. The van der Waals surface area contributed by atoms with Crippen LogP contribution in [0.25, 0.3) is 5.76 Å². The zero-order chi connectivity index (χ0) is 24.4. The first-order chi connectivity index (χ1) is 16.4. The van der Waals surface area contributed by atoms with Crippen LogP contribution in [0, 0.1) is 0 Å². The number of amides is 1. The first-order valence-corrected chi connectivity index (χ1v) is 11.4. The number of halogens is 1. The average Bonchev–Trinajstić information content (AvgIpc) is 3.10. The molecule has 0 spiro atoms. The van der Waals surface area contributed by atoms with Gasteiger partial charge in [-0.2, -0.15) is 0 Å². The number of ether oxygens (including phenoxy) is 4. The number of hydrogen-bond acceptors (Lipinski definition) is 8. The number of likely N-dealkylation sites (tertiary alicyclic amines) is 1. The number of hydrogen-bond donors (Lipinski definition) is 2. The third-order valence-corrected chi connectivity index (χ3v) is 6.29. The van der Waals surface area contributed by atoms with E-state index in [1.807, 2.05) is 0 Å². The average molecular weight is 534 g/mol. The Morgan fingerprint density at radius 3 is 2.59 bits per heavy atom. The van der Waals surface area contributed by atoms with E-state index in [0.717, 1.165) is 0 Å². The number of benzene rings is 2. The Morgan fingerprint density at radius 2 is 1.88 bits per heavy atom. The minimum atomic E-state index is -0.907. The fourth-order valence-corrected chi connectivity index (χ4v) is 4.55. The van der Waals surface area contributed by atoms with Crippen molar-refractivity contribution in [1.29, 1.82) is 0 Å². The summed E-state index contributed by atoms with van der Waals surface area (Å²) in [5.74, 6) is -0.860. The van der Waals surface area contributed by atoms with Crippen LogP contribution < -0.4 is 14.2 Å². The molecule has 2 aliphatic heterocycles. The number of phenolic OH excluding ortho intramolecular Hbond substituents is 1. The van der Waals surface area contributed by atoms with E-state index in [9.17, 15) is 19.8 Å². The molecule has 2 heterocycles. The second-order valence-corrected chi connectivity index (χ2v) is 8.61. The van der Waals surface area contributed by atoms with Crippen LogP contribution in [-0.2, 0) is 14.3 Å². The van der Waals surface area contributed by atoms with Gasteiger partial charge in [0.15, 0.2) is 23.0 Å². The predicted molar refractivity (Wildman–Crippen MR) is 125 cm³/mol. The highest BCUT2D eigenvalue weighted by atomic mass is 79.9. The smallest absolute Gasteiger partial charge is 0.295 e. The molecule has 2 aromatic carbocycles. The molecule has 1 saturated heterocycles. The third-order valence-electron chi connectivity index (χ3n) is 5.69. The number of aliphatic hydroxyl groups is 1. The highest BCUT2D eigenvalue weighted by molar-refractivity contribution is 9.10. The molecule has 0 bridgehead atoms. The molecule has 0 aromatic heterocycles. The summed E-state index contributed by atoms with van der Waals surface area (Å²) >= 11 is 3.29. The summed E-state index contributed by atoms with van der Waals surface area (Å²) < 4.78 is 21.8. The van der Waals surface area contributed by atoms with E-state index in [4.69, 9.17) is 18.9 Å². The molecule has 1 atom stereocenters. The molecule has 180 valence electrons. The van der Waals surface area contributed by atoms with Crippen LogP contribution >= 0.6 is 15.9 Å². The van der Waals surface area contributed by atoms with Gasteiger partial charge in [0.25, 0.3) is 11.7 Å². The van der Waals surface area contributed by atoms with Gasteiger partial charge in [0.1, 0.15) is 19.0 Å². The Bertz CT molecular complexity index is 1160. The Hall–Kier alpha value is -3.24. The highest BCUT2D eigenvalue weighted by Crippen LogP contribution is 2.45. The van der Waals surface area contributed by atoms with Crippen molar-refractivity contribution < 1.29 is 38.7 Å². The number of carbonyl (C=O) groups is 2. The number of rotatable bonds is 7. The minimum Gasteiger partial charge on any atom is -0.507 e. The van der Waals surface area contributed by atoms with E-state index in [1.165, 1.54) is 18.1 Å². The van der Waals surface area contributed by atoms with Gasteiger partial charge in [0.05, 0.1) is 23.2 Å². The number of ketones is 1. The summed E-state index contributed by atoms with van der Waals surface area (Å²) in [5.41, 5.74) is 0.727. The standard InChI is InChI=1S/C24H24BrNO8/c1-31-7-3-6-26-20(14-10-15(25)22(28)18(12-14)32-2)19(23(29)24(26)30)21(27)13-4-5-16-17(11-13)34-9-8-33-16/h4-5,10-12,20,27-28H,3,6-9H2,1-2H3/t20-/m1/s1. The molecule has 0 unspecified atom stereocenters. The van der Waals surface area contributed by atoms with Gasteiger partial charge in [-0.1, -0.05) is 0 Å². The number of aromatic hydroxyl groups is 1. The van der Waals surface area contributed by atoms with Crippen LogP contribution in [0.4, 0.5) is 0 Å². The predicted octanol–water partition coefficient (Wildman–Crippen LogP) is 3.39. The molecule has 10 heteroatoms. The van der Waals surface area contributed by atoms with Gasteiger partial charge in [-0.3, -0.25) is 9.59 Å². The first kappa shape index (κ1) is 23.9. The number of fused-ring (bicyclic) bond motifs is 1. The molecule has 0 saturated carbocycles. The number of Topliss-reactive ketones (excluding diaryl/α,β-unsaturated/α-hetero) is 1. The summed E-state index contributed by atoms with van der Waals surface area (Å²) in [5, 5.41) is 21.5. The molecule has 34 heavy (non-hydrogen) atoms. The molecule has 0 aliphatic carbocycles. The molecule has 0 radical (unpaired) electrons. The van der Waals surface area contributed by atoms with Crippen LogP contribution in [0.2, 0.25) is 0 Å². The van der Waals surface area contributed by atoms with Crippen molar-refractivity contribution in [3.05, 3.63) is 51.5 Å². The topological polar surface area (TPSA) is 115 Å². The summed E-state index contributed by atoms with van der Waals surface area (Å²) in [6.45, 7) is 1.40. The molecule has 9 nitrogen and oxygen atoms in total. The lowest BCUT2D eigenvalue weighted by Crippen LogP contribution is -2.31. The van der Waals surface area contributed by atoms with Gasteiger partial charge < -0.3 is 34.1 Å². The molecule has 2 aliphatic rings. The van der Waals surface area contributed by atoms with Crippen molar-refractivity contribution in [3.8, 4) is 23.0 Å². The van der Waals surface area contributed by atoms with Crippen LogP contribution in [0.1, 0.15) is 23.6 Å². The van der Waals surface area contributed by atoms with E-state index in [1.54, 1.807) is 31.4 Å². The van der Waals surface area contributed by atoms with Crippen molar-refractivity contribution in [3.63, 3.8) is 0 Å². The van der Waals surface area contributed by atoms with E-state index in [-0.39, 0.29) is 29.4 Å². The van der Waals surface area contributed by atoms with E-state index < -0.39 is 17.7 Å². The van der Waals surface area contributed by atoms with Crippen LogP contribution in [0.5, 0.6) is 23.0 Å². The van der Waals surface area contributed by atoms with Gasteiger partial charge in [-0.05, 0) is 58.2 Å². The van der Waals surface area contributed by atoms with Gasteiger partial charge in [-0.25, -0.2) is 0 Å². The molecule has 2 aromatic rings. The number of methoxy groups -OCH3 is 2. The maximum absolute atomic E-state index is 13.2. The highest BCUT2D eigenvalue weighted by Gasteiger charge is 2.46. The van der Waals surface area contributed by atoms with Crippen molar-refractivity contribution in [1.82, 2.24) is 4.90 Å². The lowest BCUT2D eigenvalue weighted by atomic mass is 9.94. The SMILES string of the molecule is COCCCN1C(=O)C(=O)C(=C(O)c2ccc3c(c2)OCCO3)[C@H]1c1cc(Br)c(O)c(OC)c1. The van der Waals surface area contributed by atoms with Crippen molar-refractivity contribution >= 4 is 33.4 Å². The Balaban J connectivity index is 1.86. The maximum atomic E-state index is 13.2. The number of carbonyl (C=O) groups excluding carboxylic acids is 2. The summed E-state index contributed by atoms with van der Waals surface area (Å²) in [7, 11) is 2.95. The van der Waals surface area contributed by atoms with Crippen LogP contribution in [0.3, 0.4) is 0 Å². The largest absolute Gasteiger partial charge is 0.507 e. The first-order valence-electron chi connectivity index (χ1n) is 10.6. The fraction of sp³-hybridized carbons (Fsp3) is 0.333. The van der Waals surface area contributed by atoms with Gasteiger partial charge in [0, 0.05) is 25.8 Å². The van der Waals surface area contributed by atoms with Gasteiger partial charge in [-0.15, -0.1) is 0 Å². The van der Waals surface area contributed by atoms with Crippen molar-refractivity contribution in [2.75, 3.05) is 40.6 Å². The van der Waals surface area contributed by atoms with E-state index >= 15 is 0 Å². The Kier molecular flexibility index (Phi) is 6.99. The van der Waals surface area contributed by atoms with E-state index in [0.29, 0.717) is 53.3 Å². The molecular formula is C24H24BrNO8. The summed E-state index contributed by atoms with van der Waals surface area (Å²) in [6.07, 6.45) is 0.487. The summed E-state index contributed by atoms with van der Waals surface area (Å²) in [4.78, 5) is 27.6. The van der Waals surface area contributed by atoms with Crippen molar-refractivity contribution in [2.45, 2.75) is 12.5 Å². The maximum Gasteiger partial charge on any atom is 0.295 e. The zero-order valence-electron chi connectivity index (χ0n) is 18.7. The third kappa shape index (κ3) is 4.30. The molecular weight excluding hydrogens is 510 g/mol. The second kappa shape index (κ2) is 9.94. The van der Waals surface area contributed by atoms with Crippen molar-refractivity contribution in [2.24, 2.45) is 0 Å². The zero-order valence-corrected chi connectivity index (χ0v) is 20.3.